The van der Waals surface area contributed by atoms with Crippen molar-refractivity contribution in [3.63, 3.8) is 0 Å². The average molecular weight is 398 g/mol. The number of carbonyl (C=O) groups is 2. The Labute approximate surface area is 170 Å². The van der Waals surface area contributed by atoms with Gasteiger partial charge in [0.1, 0.15) is 0 Å². The molecule has 2 aliphatic rings. The molecule has 162 valence electrons. The van der Waals surface area contributed by atoms with Gasteiger partial charge in [0.15, 0.2) is 0 Å². The second kappa shape index (κ2) is 7.60. The molecule has 2 aliphatic heterocycles. The number of ether oxygens (including phenoxy) is 3. The molecule has 0 aromatic rings. The number of hydrogen-bond acceptors (Lipinski definition) is 5. The summed E-state index contributed by atoms with van der Waals surface area (Å²) < 4.78 is 17.5. The van der Waals surface area contributed by atoms with E-state index >= 15 is 0 Å². The minimum Gasteiger partial charge on any atom is -0.465 e. The first kappa shape index (κ1) is 23.1. The van der Waals surface area contributed by atoms with Gasteiger partial charge in [0.2, 0.25) is 11.7 Å². The lowest BCUT2D eigenvalue weighted by Crippen LogP contribution is -2.66. The van der Waals surface area contributed by atoms with Gasteiger partial charge in [-0.25, -0.2) is 0 Å². The molecule has 6 nitrogen and oxygen atoms in total. The molecule has 2 saturated heterocycles. The molecule has 28 heavy (non-hydrogen) atoms. The van der Waals surface area contributed by atoms with Gasteiger partial charge in [-0.1, -0.05) is 62.3 Å². The first-order chi connectivity index (χ1) is 12.6. The molecule has 2 heterocycles. The van der Waals surface area contributed by atoms with E-state index in [1.54, 1.807) is 4.90 Å². The summed E-state index contributed by atoms with van der Waals surface area (Å²) in [5.74, 6) is -0.900. The van der Waals surface area contributed by atoms with Gasteiger partial charge >= 0.3 is 5.97 Å². The summed E-state index contributed by atoms with van der Waals surface area (Å²) in [5.41, 5.74) is -0.729. The third kappa shape index (κ3) is 5.26. The summed E-state index contributed by atoms with van der Waals surface area (Å²) in [4.78, 5) is 26.8. The third-order valence-electron chi connectivity index (χ3n) is 5.36. The van der Waals surface area contributed by atoms with E-state index < -0.39 is 11.2 Å². The molecule has 1 spiro atoms. The van der Waals surface area contributed by atoms with Crippen LogP contribution in [-0.2, 0) is 23.8 Å². The molecule has 0 N–H and O–H groups in total. The smallest absolute Gasteiger partial charge is 0.309 e. The lowest BCUT2D eigenvalue weighted by atomic mass is 9.67. The molecular formula is C22H39NO5. The summed E-state index contributed by atoms with van der Waals surface area (Å²) in [6.45, 7) is 19.9. The van der Waals surface area contributed by atoms with Crippen LogP contribution in [0.2, 0.25) is 0 Å². The Hall–Kier alpha value is -1.14. The molecule has 1 amide bonds. The normalized spacial score (nSPS) is 22.5. The van der Waals surface area contributed by atoms with Crippen molar-refractivity contribution in [3.8, 4) is 0 Å². The Morgan fingerprint density at radius 1 is 1.04 bits per heavy atom. The maximum absolute atomic E-state index is 12.7. The van der Waals surface area contributed by atoms with Crippen LogP contribution in [0.3, 0.4) is 0 Å². The zero-order valence-electron chi connectivity index (χ0n) is 19.2. The minimum atomic E-state index is -0.672. The van der Waals surface area contributed by atoms with Crippen LogP contribution in [0.1, 0.15) is 68.7 Å². The van der Waals surface area contributed by atoms with Crippen LogP contribution in [0.4, 0.5) is 0 Å². The van der Waals surface area contributed by atoms with Gasteiger partial charge in [0, 0.05) is 11.8 Å². The van der Waals surface area contributed by atoms with E-state index in [0.717, 1.165) is 0 Å². The second-order valence-corrected chi connectivity index (χ2v) is 11.5. The predicted octanol–water partition coefficient (Wildman–Crippen LogP) is 3.63. The van der Waals surface area contributed by atoms with Gasteiger partial charge in [0.25, 0.3) is 0 Å². The van der Waals surface area contributed by atoms with E-state index in [9.17, 15) is 9.59 Å². The van der Waals surface area contributed by atoms with Crippen LogP contribution in [0, 0.1) is 22.2 Å². The molecule has 0 aromatic carbocycles. The van der Waals surface area contributed by atoms with Crippen molar-refractivity contribution in [2.75, 3.05) is 26.3 Å². The lowest BCUT2D eigenvalue weighted by molar-refractivity contribution is -0.246. The van der Waals surface area contributed by atoms with Crippen LogP contribution in [0.25, 0.3) is 0 Å². The van der Waals surface area contributed by atoms with Crippen molar-refractivity contribution in [1.82, 2.24) is 4.90 Å². The van der Waals surface area contributed by atoms with Crippen molar-refractivity contribution in [2.24, 2.45) is 22.2 Å². The summed E-state index contributed by atoms with van der Waals surface area (Å²) in [6, 6.07) is 0. The predicted molar refractivity (Wildman–Crippen MR) is 108 cm³/mol. The Balaban J connectivity index is 1.79. The van der Waals surface area contributed by atoms with E-state index in [1.165, 1.54) is 0 Å². The number of esters is 1. The Morgan fingerprint density at radius 3 is 2.04 bits per heavy atom. The number of rotatable bonds is 4. The zero-order valence-corrected chi connectivity index (χ0v) is 19.2. The highest BCUT2D eigenvalue weighted by Crippen LogP contribution is 2.41. The molecule has 0 aromatic heterocycles. The van der Waals surface area contributed by atoms with Crippen LogP contribution in [0.5, 0.6) is 0 Å². The topological polar surface area (TPSA) is 65.1 Å². The SMILES string of the molecule is CC(C)(C)C(=O)N1CC2(C1)OCC(CCOC(=O)C(C(C)(C)C)C(C)(C)C)O2. The minimum absolute atomic E-state index is 0.109. The Kier molecular flexibility index (Phi) is 6.28. The number of hydrogen-bond donors (Lipinski definition) is 0. The van der Waals surface area contributed by atoms with E-state index in [4.69, 9.17) is 14.2 Å². The Morgan fingerprint density at radius 2 is 1.57 bits per heavy atom. The molecule has 2 fully saturated rings. The monoisotopic (exact) mass is 397 g/mol. The molecule has 0 radical (unpaired) electrons. The van der Waals surface area contributed by atoms with Crippen molar-refractivity contribution in [1.29, 1.82) is 0 Å². The highest BCUT2D eigenvalue weighted by atomic mass is 16.8. The molecule has 1 unspecified atom stereocenters. The van der Waals surface area contributed by atoms with Gasteiger partial charge in [-0.05, 0) is 10.8 Å². The van der Waals surface area contributed by atoms with Gasteiger partial charge in [0.05, 0.1) is 38.3 Å². The summed E-state index contributed by atoms with van der Waals surface area (Å²) in [6.07, 6.45) is 0.490. The number of nitrogens with zero attached hydrogens (tertiary/aromatic N) is 1. The summed E-state index contributed by atoms with van der Waals surface area (Å²) in [5, 5.41) is 0. The molecular weight excluding hydrogens is 358 g/mol. The maximum Gasteiger partial charge on any atom is 0.309 e. The molecule has 0 bridgehead atoms. The van der Waals surface area contributed by atoms with Crippen LogP contribution in [0.15, 0.2) is 0 Å². The number of likely N-dealkylation sites (tertiary alicyclic amines) is 1. The van der Waals surface area contributed by atoms with Gasteiger partial charge in [-0.15, -0.1) is 0 Å². The largest absolute Gasteiger partial charge is 0.465 e. The van der Waals surface area contributed by atoms with Crippen molar-refractivity contribution in [2.45, 2.75) is 80.6 Å². The first-order valence-electron chi connectivity index (χ1n) is 10.3. The van der Waals surface area contributed by atoms with Crippen LogP contribution >= 0.6 is 0 Å². The molecule has 1 atom stereocenters. The van der Waals surface area contributed by atoms with Crippen molar-refractivity contribution < 1.29 is 23.8 Å². The van der Waals surface area contributed by atoms with Gasteiger partial charge < -0.3 is 19.1 Å². The fourth-order valence-electron chi connectivity index (χ4n) is 4.46. The molecule has 0 aliphatic carbocycles. The Bertz CT molecular complexity index is 574. The van der Waals surface area contributed by atoms with Gasteiger partial charge in [-0.2, -0.15) is 0 Å². The third-order valence-corrected chi connectivity index (χ3v) is 5.36. The summed E-state index contributed by atoms with van der Waals surface area (Å²) >= 11 is 0. The van der Waals surface area contributed by atoms with Crippen LogP contribution < -0.4 is 0 Å². The van der Waals surface area contributed by atoms with E-state index in [2.05, 4.69) is 41.5 Å². The maximum atomic E-state index is 12.7. The number of amides is 1. The standard InChI is InChI=1S/C22H39NO5/c1-19(2,3)16(20(4,5)6)17(24)26-11-10-15-12-27-22(28-15)13-23(14-22)18(25)21(7,8)9/h15-16H,10-14H2,1-9H3. The van der Waals surface area contributed by atoms with Crippen molar-refractivity contribution in [3.05, 3.63) is 0 Å². The second-order valence-electron chi connectivity index (χ2n) is 11.5. The number of carbonyl (C=O) groups excluding carboxylic acids is 2. The molecule has 6 heteroatoms. The van der Waals surface area contributed by atoms with Crippen LogP contribution in [-0.4, -0.2) is 55.0 Å². The van der Waals surface area contributed by atoms with E-state index in [1.807, 2.05) is 20.8 Å². The molecule has 2 rings (SSSR count). The van der Waals surface area contributed by atoms with E-state index in [-0.39, 0.29) is 34.7 Å². The average Bonchev–Trinajstić information content (AvgIpc) is 2.85. The first-order valence-corrected chi connectivity index (χ1v) is 10.3. The fourth-order valence-corrected chi connectivity index (χ4v) is 4.46. The van der Waals surface area contributed by atoms with Crippen molar-refractivity contribution >= 4 is 11.9 Å². The zero-order chi connectivity index (χ0) is 21.5. The fraction of sp³-hybridized carbons (Fsp3) is 0.909. The highest BCUT2D eigenvalue weighted by Gasteiger charge is 2.54. The quantitative estimate of drug-likeness (QED) is 0.678. The van der Waals surface area contributed by atoms with Gasteiger partial charge in [-0.3, -0.25) is 9.59 Å². The molecule has 0 saturated carbocycles. The van der Waals surface area contributed by atoms with E-state index in [0.29, 0.717) is 32.7 Å². The lowest BCUT2D eigenvalue weighted by Gasteiger charge is -2.47. The summed E-state index contributed by atoms with van der Waals surface area (Å²) in [7, 11) is 0. The highest BCUT2D eigenvalue weighted by molar-refractivity contribution is 5.82.